The van der Waals surface area contributed by atoms with Gasteiger partial charge in [0.25, 0.3) is 5.91 Å². The van der Waals surface area contributed by atoms with Crippen LogP contribution in [-0.2, 0) is 9.53 Å². The summed E-state index contributed by atoms with van der Waals surface area (Å²) < 4.78 is 5.57. The molecule has 2 N–H and O–H groups in total. The molecule has 3 amide bonds. The summed E-state index contributed by atoms with van der Waals surface area (Å²) in [5.74, 6) is 0.778. The summed E-state index contributed by atoms with van der Waals surface area (Å²) in [5.41, 5.74) is 1.31. The lowest BCUT2D eigenvalue weighted by molar-refractivity contribution is -0.144. The highest BCUT2D eigenvalue weighted by Gasteiger charge is 2.52. The molecule has 0 bridgehead atoms. The summed E-state index contributed by atoms with van der Waals surface area (Å²) >= 11 is 6.65. The number of benzene rings is 1. The van der Waals surface area contributed by atoms with Crippen molar-refractivity contribution in [3.8, 4) is 0 Å². The highest BCUT2D eigenvalue weighted by Crippen LogP contribution is 2.47. The highest BCUT2D eigenvalue weighted by molar-refractivity contribution is 6.31. The number of rotatable bonds is 8. The molecule has 2 aliphatic heterocycles. The molecule has 2 heterocycles. The number of carbonyl (C=O) groups excluding carboxylic acids is 3. The summed E-state index contributed by atoms with van der Waals surface area (Å²) in [5, 5.41) is 6.97. The second-order valence-electron chi connectivity index (χ2n) is 14.6. The van der Waals surface area contributed by atoms with Crippen LogP contribution in [0.1, 0.15) is 109 Å². The number of hydrogen-bond donors (Lipinski definition) is 2. The maximum Gasteiger partial charge on any atom is 0.410 e. The molecule has 3 unspecified atom stereocenters. The minimum Gasteiger partial charge on any atom is -0.444 e. The quantitative estimate of drug-likeness (QED) is 0.324. The third-order valence-corrected chi connectivity index (χ3v) is 10.5. The Bertz CT molecular complexity index is 1190. The molecule has 3 fully saturated rings. The Hall–Kier alpha value is -2.48. The first-order chi connectivity index (χ1) is 20.7. The predicted molar refractivity (Wildman–Crippen MR) is 177 cm³/mol. The van der Waals surface area contributed by atoms with Gasteiger partial charge in [-0.15, -0.1) is 0 Å². The van der Waals surface area contributed by atoms with E-state index in [4.69, 9.17) is 16.3 Å². The second kappa shape index (κ2) is 14.3. The second-order valence-corrected chi connectivity index (χ2v) is 15.1. The molecule has 3 aliphatic rings. The van der Waals surface area contributed by atoms with Crippen LogP contribution in [0.15, 0.2) is 12.1 Å². The van der Waals surface area contributed by atoms with E-state index >= 15 is 0 Å². The lowest BCUT2D eigenvalue weighted by Gasteiger charge is -2.49. The van der Waals surface area contributed by atoms with Gasteiger partial charge in [-0.05, 0) is 109 Å². The lowest BCUT2D eigenvalue weighted by atomic mass is 9.59. The van der Waals surface area contributed by atoms with Crippen LogP contribution in [0.2, 0.25) is 5.02 Å². The molecule has 1 aromatic rings. The van der Waals surface area contributed by atoms with Gasteiger partial charge < -0.3 is 25.2 Å². The van der Waals surface area contributed by atoms with Crippen molar-refractivity contribution in [2.24, 2.45) is 23.2 Å². The normalized spacial score (nSPS) is 25.4. The number of nitrogens with zero attached hydrogens (tertiary/aromatic N) is 2. The van der Waals surface area contributed by atoms with Crippen molar-refractivity contribution in [1.82, 2.24) is 15.5 Å². The average Bonchev–Trinajstić information content (AvgIpc) is 2.96. The number of piperidine rings is 2. The minimum atomic E-state index is -0.596. The molecule has 1 aromatic carbocycles. The average molecular weight is 631 g/mol. The molecule has 246 valence electrons. The predicted octanol–water partition coefficient (Wildman–Crippen LogP) is 6.96. The third-order valence-electron chi connectivity index (χ3n) is 10.3. The topological polar surface area (TPSA) is 91.0 Å². The van der Waals surface area contributed by atoms with E-state index in [0.29, 0.717) is 36.1 Å². The van der Waals surface area contributed by atoms with E-state index in [9.17, 15) is 14.4 Å². The van der Waals surface area contributed by atoms with Gasteiger partial charge in [-0.3, -0.25) is 9.59 Å². The van der Waals surface area contributed by atoms with Gasteiger partial charge in [0, 0.05) is 55.0 Å². The molecule has 8 nitrogen and oxygen atoms in total. The first kappa shape index (κ1) is 34.4. The van der Waals surface area contributed by atoms with Crippen LogP contribution >= 0.6 is 11.6 Å². The first-order valence-electron chi connectivity index (χ1n) is 16.9. The van der Waals surface area contributed by atoms with Gasteiger partial charge in [-0.2, -0.15) is 0 Å². The van der Waals surface area contributed by atoms with Gasteiger partial charge in [0.15, 0.2) is 0 Å². The SMILES string of the molecule is CCN(CC1CCN(C(=O)OC(C)(C)C)CC1)c1cc(Cl)cc(C(=O)NCC2(C3CCCCC3)C(=O)NC(C)CC2C)c1C. The molecule has 1 saturated carbocycles. The number of carbonyl (C=O) groups is 3. The van der Waals surface area contributed by atoms with E-state index in [-0.39, 0.29) is 35.8 Å². The van der Waals surface area contributed by atoms with Crippen LogP contribution in [0.25, 0.3) is 0 Å². The smallest absolute Gasteiger partial charge is 0.410 e. The van der Waals surface area contributed by atoms with E-state index in [1.54, 1.807) is 11.0 Å². The van der Waals surface area contributed by atoms with E-state index in [0.717, 1.165) is 69.3 Å². The minimum absolute atomic E-state index is 0.0920. The molecular weight excluding hydrogens is 576 g/mol. The summed E-state index contributed by atoms with van der Waals surface area (Å²) in [4.78, 5) is 44.2. The number of anilines is 1. The van der Waals surface area contributed by atoms with Crippen molar-refractivity contribution in [1.29, 1.82) is 0 Å². The van der Waals surface area contributed by atoms with Crippen LogP contribution in [0.5, 0.6) is 0 Å². The Morgan fingerprint density at radius 1 is 1.11 bits per heavy atom. The van der Waals surface area contributed by atoms with Gasteiger partial charge in [0.05, 0.1) is 5.41 Å². The molecular formula is C35H55ClN4O4. The number of amides is 3. The molecule has 9 heteroatoms. The van der Waals surface area contributed by atoms with Crippen LogP contribution in [0.3, 0.4) is 0 Å². The van der Waals surface area contributed by atoms with Crippen LogP contribution in [0.4, 0.5) is 10.5 Å². The Balaban J connectivity index is 1.47. The maximum absolute atomic E-state index is 13.8. The van der Waals surface area contributed by atoms with Crippen LogP contribution < -0.4 is 15.5 Å². The monoisotopic (exact) mass is 630 g/mol. The number of halogens is 1. The van der Waals surface area contributed by atoms with Crippen molar-refractivity contribution < 1.29 is 19.1 Å². The number of likely N-dealkylation sites (tertiary alicyclic amines) is 1. The Kier molecular flexibility index (Phi) is 11.2. The standard InChI is InChI=1S/C35H55ClN4O4/c1-8-39(21-26-14-16-40(17-15-26)33(43)44-34(5,6)7)30-20-28(36)19-29(25(30)4)31(41)37-22-35(27-12-10-9-11-13-27)23(2)18-24(3)38-32(35)42/h19-20,23-24,26-27H,8-18,21-22H2,1-7H3,(H,37,41)(H,38,42). The molecule has 2 saturated heterocycles. The number of hydrogen-bond acceptors (Lipinski definition) is 5. The Morgan fingerprint density at radius 2 is 1.77 bits per heavy atom. The molecule has 1 aliphatic carbocycles. The van der Waals surface area contributed by atoms with E-state index in [1.807, 2.05) is 33.8 Å². The summed E-state index contributed by atoms with van der Waals surface area (Å²) in [7, 11) is 0. The first-order valence-corrected chi connectivity index (χ1v) is 17.2. The molecule has 0 spiro atoms. The molecule has 0 radical (unpaired) electrons. The van der Waals surface area contributed by atoms with Crippen molar-refractivity contribution >= 4 is 35.2 Å². The molecule has 0 aromatic heterocycles. The van der Waals surface area contributed by atoms with Gasteiger partial charge in [-0.25, -0.2) is 4.79 Å². The maximum atomic E-state index is 13.8. The van der Waals surface area contributed by atoms with E-state index in [1.165, 1.54) is 6.42 Å². The fourth-order valence-corrected chi connectivity index (χ4v) is 8.08. The van der Waals surface area contributed by atoms with Gasteiger partial charge in [0.2, 0.25) is 5.91 Å². The molecule has 3 atom stereocenters. The Morgan fingerprint density at radius 3 is 2.36 bits per heavy atom. The third kappa shape index (κ3) is 7.83. The van der Waals surface area contributed by atoms with E-state index in [2.05, 4.69) is 36.3 Å². The van der Waals surface area contributed by atoms with Crippen molar-refractivity contribution in [2.75, 3.05) is 37.6 Å². The summed E-state index contributed by atoms with van der Waals surface area (Å²) in [6, 6.07) is 3.85. The number of ether oxygens (including phenoxy) is 1. The van der Waals surface area contributed by atoms with Gasteiger partial charge >= 0.3 is 6.09 Å². The van der Waals surface area contributed by atoms with Crippen LogP contribution in [-0.4, -0.2) is 67.2 Å². The van der Waals surface area contributed by atoms with Gasteiger partial charge in [-0.1, -0.05) is 37.8 Å². The number of nitrogens with one attached hydrogen (secondary N) is 2. The summed E-state index contributed by atoms with van der Waals surface area (Å²) in [6.45, 7) is 17.3. The zero-order valence-electron chi connectivity index (χ0n) is 28.1. The van der Waals surface area contributed by atoms with Crippen molar-refractivity contribution in [2.45, 2.75) is 111 Å². The fraction of sp³-hybridized carbons (Fsp3) is 0.743. The van der Waals surface area contributed by atoms with Crippen LogP contribution in [0, 0.1) is 30.1 Å². The summed E-state index contributed by atoms with van der Waals surface area (Å²) in [6.07, 6.45) is 8.02. The Labute approximate surface area is 270 Å². The van der Waals surface area contributed by atoms with Crippen molar-refractivity contribution in [3.05, 3.63) is 28.3 Å². The largest absolute Gasteiger partial charge is 0.444 e. The van der Waals surface area contributed by atoms with Gasteiger partial charge in [0.1, 0.15) is 5.60 Å². The van der Waals surface area contributed by atoms with Crippen molar-refractivity contribution in [3.63, 3.8) is 0 Å². The zero-order valence-corrected chi connectivity index (χ0v) is 28.8. The lowest BCUT2D eigenvalue weighted by Crippen LogP contribution is -2.62. The molecule has 4 rings (SSSR count). The fourth-order valence-electron chi connectivity index (χ4n) is 7.87. The molecule has 44 heavy (non-hydrogen) atoms. The highest BCUT2D eigenvalue weighted by atomic mass is 35.5. The zero-order chi connectivity index (χ0) is 32.2. The van der Waals surface area contributed by atoms with E-state index < -0.39 is 11.0 Å².